The predicted octanol–water partition coefficient (Wildman–Crippen LogP) is 2.68. The zero-order chi connectivity index (χ0) is 18.9. The second kappa shape index (κ2) is 10.7. The number of guanidine groups is 1. The van der Waals surface area contributed by atoms with Gasteiger partial charge >= 0.3 is 0 Å². The summed E-state index contributed by atoms with van der Waals surface area (Å²) in [6, 6.07) is 8.99. The first-order valence-electron chi connectivity index (χ1n) is 10.8. The van der Waals surface area contributed by atoms with Gasteiger partial charge in [0.05, 0.1) is 6.54 Å². The molecule has 27 heavy (non-hydrogen) atoms. The van der Waals surface area contributed by atoms with Gasteiger partial charge in [0.1, 0.15) is 0 Å². The van der Waals surface area contributed by atoms with E-state index in [0.29, 0.717) is 0 Å². The Morgan fingerprint density at radius 2 is 1.74 bits per heavy atom. The largest absolute Gasteiger partial charge is 0.357 e. The molecule has 1 aromatic carbocycles. The van der Waals surface area contributed by atoms with E-state index in [0.717, 1.165) is 38.1 Å². The van der Waals surface area contributed by atoms with Gasteiger partial charge in [-0.15, -0.1) is 0 Å². The molecule has 5 heteroatoms. The Balaban J connectivity index is 1.47. The number of nitrogens with zero attached hydrogens (tertiary/aromatic N) is 3. The number of hydrogen-bond acceptors (Lipinski definition) is 3. The minimum atomic E-state index is 0.727. The van der Waals surface area contributed by atoms with Crippen LogP contribution in [0.1, 0.15) is 44.2 Å². The lowest BCUT2D eigenvalue weighted by molar-refractivity contribution is 0.331. The van der Waals surface area contributed by atoms with E-state index in [1.54, 1.807) is 0 Å². The Hall–Kier alpha value is -1.59. The molecular weight excluding hydrogens is 334 g/mol. The van der Waals surface area contributed by atoms with Gasteiger partial charge in [0, 0.05) is 26.2 Å². The lowest BCUT2D eigenvalue weighted by Gasteiger charge is -2.16. The van der Waals surface area contributed by atoms with Gasteiger partial charge < -0.3 is 15.5 Å². The zero-order valence-corrected chi connectivity index (χ0v) is 17.2. The van der Waals surface area contributed by atoms with Crippen LogP contribution in [0.2, 0.25) is 0 Å². The van der Waals surface area contributed by atoms with Crippen molar-refractivity contribution in [1.29, 1.82) is 0 Å². The van der Waals surface area contributed by atoms with Crippen molar-refractivity contribution in [2.45, 2.75) is 46.2 Å². The lowest BCUT2D eigenvalue weighted by atomic mass is 10.1. The summed E-state index contributed by atoms with van der Waals surface area (Å²) in [5.74, 6) is 1.67. The highest BCUT2D eigenvalue weighted by Gasteiger charge is 2.21. The first-order valence-corrected chi connectivity index (χ1v) is 10.8. The summed E-state index contributed by atoms with van der Waals surface area (Å²) in [6.45, 7) is 14.2. The van der Waals surface area contributed by atoms with Crippen LogP contribution < -0.4 is 10.6 Å². The predicted molar refractivity (Wildman–Crippen MR) is 114 cm³/mol. The summed E-state index contributed by atoms with van der Waals surface area (Å²) in [5.41, 5.74) is 2.69. The van der Waals surface area contributed by atoms with Gasteiger partial charge in [-0.25, -0.2) is 4.99 Å². The molecule has 1 atom stereocenters. The van der Waals surface area contributed by atoms with Crippen LogP contribution in [0.25, 0.3) is 0 Å². The highest BCUT2D eigenvalue weighted by atomic mass is 15.2. The zero-order valence-electron chi connectivity index (χ0n) is 17.2. The molecule has 2 heterocycles. The lowest BCUT2D eigenvalue weighted by Crippen LogP contribution is -2.40. The van der Waals surface area contributed by atoms with Crippen LogP contribution in [-0.4, -0.2) is 61.6 Å². The van der Waals surface area contributed by atoms with Crippen molar-refractivity contribution >= 4 is 5.96 Å². The molecule has 0 aliphatic carbocycles. The summed E-state index contributed by atoms with van der Waals surface area (Å²) in [4.78, 5) is 9.86. The van der Waals surface area contributed by atoms with Crippen LogP contribution in [0.5, 0.6) is 0 Å². The van der Waals surface area contributed by atoms with Crippen LogP contribution >= 0.6 is 0 Å². The topological polar surface area (TPSA) is 42.9 Å². The van der Waals surface area contributed by atoms with Crippen LogP contribution in [0.4, 0.5) is 0 Å². The van der Waals surface area contributed by atoms with Crippen molar-refractivity contribution in [2.24, 2.45) is 10.9 Å². The van der Waals surface area contributed by atoms with E-state index in [1.807, 2.05) is 0 Å². The summed E-state index contributed by atoms with van der Waals surface area (Å²) >= 11 is 0. The first-order chi connectivity index (χ1) is 13.3. The van der Waals surface area contributed by atoms with Gasteiger partial charge in [0.25, 0.3) is 0 Å². The molecule has 3 rings (SSSR count). The van der Waals surface area contributed by atoms with Crippen molar-refractivity contribution in [1.82, 2.24) is 20.4 Å². The fraction of sp³-hybridized carbons (Fsp3) is 0.682. The van der Waals surface area contributed by atoms with E-state index in [4.69, 9.17) is 4.99 Å². The maximum absolute atomic E-state index is 4.79. The summed E-state index contributed by atoms with van der Waals surface area (Å²) in [6.07, 6.45) is 3.99. The van der Waals surface area contributed by atoms with E-state index in [2.05, 4.69) is 58.5 Å². The van der Waals surface area contributed by atoms with Crippen molar-refractivity contribution in [3.8, 4) is 0 Å². The van der Waals surface area contributed by atoms with Crippen molar-refractivity contribution in [2.75, 3.05) is 45.8 Å². The SMILES string of the molecule is CCNC(=NCc1ccc(CN2CCCC2)cc1)NCC1CCN(CC)C1. The van der Waals surface area contributed by atoms with E-state index in [9.17, 15) is 0 Å². The highest BCUT2D eigenvalue weighted by molar-refractivity contribution is 5.79. The Bertz CT molecular complexity index is 577. The number of nitrogens with one attached hydrogen (secondary N) is 2. The van der Waals surface area contributed by atoms with Crippen molar-refractivity contribution < 1.29 is 0 Å². The van der Waals surface area contributed by atoms with Crippen LogP contribution in [-0.2, 0) is 13.1 Å². The Morgan fingerprint density at radius 3 is 2.41 bits per heavy atom. The minimum absolute atomic E-state index is 0.727. The monoisotopic (exact) mass is 371 g/mol. The second-order valence-corrected chi connectivity index (χ2v) is 7.92. The van der Waals surface area contributed by atoms with Gasteiger partial charge in [-0.2, -0.15) is 0 Å². The molecule has 2 saturated heterocycles. The summed E-state index contributed by atoms with van der Waals surface area (Å²) < 4.78 is 0. The molecular formula is C22H37N5. The van der Waals surface area contributed by atoms with Gasteiger partial charge in [0.2, 0.25) is 0 Å². The van der Waals surface area contributed by atoms with E-state index in [1.165, 1.54) is 63.1 Å². The fourth-order valence-electron chi connectivity index (χ4n) is 4.07. The van der Waals surface area contributed by atoms with Crippen LogP contribution in [0.15, 0.2) is 29.3 Å². The molecule has 0 radical (unpaired) electrons. The maximum Gasteiger partial charge on any atom is 0.191 e. The number of benzene rings is 1. The average Bonchev–Trinajstić information content (AvgIpc) is 3.37. The van der Waals surface area contributed by atoms with E-state index < -0.39 is 0 Å². The summed E-state index contributed by atoms with van der Waals surface area (Å²) in [5, 5.41) is 6.92. The molecule has 0 amide bonds. The molecule has 0 saturated carbocycles. The molecule has 1 unspecified atom stereocenters. The molecule has 0 spiro atoms. The Morgan fingerprint density at radius 1 is 1.00 bits per heavy atom. The molecule has 2 N–H and O–H groups in total. The molecule has 2 aliphatic rings. The average molecular weight is 372 g/mol. The molecule has 1 aromatic rings. The smallest absolute Gasteiger partial charge is 0.191 e. The first kappa shape index (κ1) is 20.2. The summed E-state index contributed by atoms with van der Waals surface area (Å²) in [7, 11) is 0. The third-order valence-corrected chi connectivity index (χ3v) is 5.77. The normalized spacial score (nSPS) is 21.7. The van der Waals surface area contributed by atoms with E-state index in [-0.39, 0.29) is 0 Å². The third-order valence-electron chi connectivity index (χ3n) is 5.77. The molecule has 2 aliphatic heterocycles. The number of hydrogen-bond donors (Lipinski definition) is 2. The van der Waals surface area contributed by atoms with E-state index >= 15 is 0 Å². The standard InChI is InChI=1S/C22H37N5/c1-3-23-22(25-16-21-11-14-26(4-2)18-21)24-15-19-7-9-20(10-8-19)17-27-12-5-6-13-27/h7-10,21H,3-6,11-18H2,1-2H3,(H2,23,24,25). The van der Waals surface area contributed by atoms with Crippen molar-refractivity contribution in [3.05, 3.63) is 35.4 Å². The molecule has 5 nitrogen and oxygen atoms in total. The Kier molecular flexibility index (Phi) is 7.96. The highest BCUT2D eigenvalue weighted by Crippen LogP contribution is 2.15. The van der Waals surface area contributed by atoms with Gasteiger partial charge in [-0.05, 0) is 69.4 Å². The Labute approximate surface area is 165 Å². The minimum Gasteiger partial charge on any atom is -0.357 e. The van der Waals surface area contributed by atoms with Gasteiger partial charge in [-0.3, -0.25) is 4.90 Å². The van der Waals surface area contributed by atoms with Gasteiger partial charge in [-0.1, -0.05) is 31.2 Å². The second-order valence-electron chi connectivity index (χ2n) is 7.92. The molecule has 2 fully saturated rings. The number of aliphatic imine (C=N–C) groups is 1. The third kappa shape index (κ3) is 6.51. The number of likely N-dealkylation sites (tertiary alicyclic amines) is 2. The quantitative estimate of drug-likeness (QED) is 0.545. The van der Waals surface area contributed by atoms with Crippen LogP contribution in [0, 0.1) is 5.92 Å². The molecule has 0 aromatic heterocycles. The molecule has 0 bridgehead atoms. The van der Waals surface area contributed by atoms with Gasteiger partial charge in [0.15, 0.2) is 5.96 Å². The number of rotatable bonds is 8. The molecule has 150 valence electrons. The maximum atomic E-state index is 4.79. The van der Waals surface area contributed by atoms with Crippen LogP contribution in [0.3, 0.4) is 0 Å². The van der Waals surface area contributed by atoms with Crippen molar-refractivity contribution in [3.63, 3.8) is 0 Å². The fourth-order valence-corrected chi connectivity index (χ4v) is 4.07.